The van der Waals surface area contributed by atoms with Gasteiger partial charge in [0.1, 0.15) is 0 Å². The number of carbonyl (C=O) groups excluding carboxylic acids is 1. The van der Waals surface area contributed by atoms with Gasteiger partial charge in [-0.3, -0.25) is 0 Å². The summed E-state index contributed by atoms with van der Waals surface area (Å²) in [4.78, 5) is 14.4. The first-order chi connectivity index (χ1) is 14.8. The molecule has 2 heterocycles. The molecule has 1 aromatic rings. The van der Waals surface area contributed by atoms with Crippen LogP contribution in [-0.4, -0.2) is 61.1 Å². The van der Waals surface area contributed by atoms with Gasteiger partial charge in [0, 0.05) is 31.1 Å². The lowest BCUT2D eigenvalue weighted by atomic mass is 9.79. The second kappa shape index (κ2) is 8.34. The second-order valence-corrected chi connectivity index (χ2v) is 11.8. The zero-order valence-electron chi connectivity index (χ0n) is 20.7. The van der Waals surface area contributed by atoms with Crippen LogP contribution in [0.25, 0.3) is 0 Å². The summed E-state index contributed by atoms with van der Waals surface area (Å²) in [6, 6.07) is 8.66. The topological polar surface area (TPSA) is 60.0 Å². The average Bonchev–Trinajstić information content (AvgIpc) is 3.01. The fourth-order valence-corrected chi connectivity index (χ4v) is 4.79. The molecule has 1 N–H and O–H groups in total. The lowest BCUT2D eigenvalue weighted by molar-refractivity contribution is 0.00578. The van der Waals surface area contributed by atoms with Crippen molar-refractivity contribution in [1.82, 2.24) is 10.2 Å². The van der Waals surface area contributed by atoms with Gasteiger partial charge in [0.2, 0.25) is 0 Å². The number of fused-ring (bicyclic) bond motifs is 1. The molecule has 0 radical (unpaired) electrons. The van der Waals surface area contributed by atoms with Crippen LogP contribution < -0.4 is 10.8 Å². The number of rotatable bonds is 6. The summed E-state index contributed by atoms with van der Waals surface area (Å²) in [5, 5.41) is 2.86. The fraction of sp³-hybridized carbons (Fsp3) is 0.720. The zero-order valence-corrected chi connectivity index (χ0v) is 20.7. The van der Waals surface area contributed by atoms with Gasteiger partial charge in [0.05, 0.1) is 17.8 Å². The molecule has 32 heavy (non-hydrogen) atoms. The van der Waals surface area contributed by atoms with Gasteiger partial charge in [-0.15, -0.1) is 0 Å². The summed E-state index contributed by atoms with van der Waals surface area (Å²) in [5.41, 5.74) is 1.53. The Morgan fingerprint density at radius 3 is 2.19 bits per heavy atom. The number of benzene rings is 1. The molecule has 0 aromatic heterocycles. The van der Waals surface area contributed by atoms with E-state index in [9.17, 15) is 4.79 Å². The molecule has 2 saturated heterocycles. The van der Waals surface area contributed by atoms with Crippen LogP contribution in [-0.2, 0) is 20.5 Å². The van der Waals surface area contributed by atoms with Gasteiger partial charge in [0.15, 0.2) is 0 Å². The Morgan fingerprint density at radius 2 is 1.66 bits per heavy atom. The second-order valence-electron chi connectivity index (χ2n) is 11.8. The summed E-state index contributed by atoms with van der Waals surface area (Å²) in [7, 11) is -0.302. The summed E-state index contributed by atoms with van der Waals surface area (Å²) in [5.74, 6) is 1.91. The Balaban J connectivity index is 1.17. The molecule has 1 aliphatic carbocycles. The van der Waals surface area contributed by atoms with E-state index in [2.05, 4.69) is 62.2 Å². The fourth-order valence-electron chi connectivity index (χ4n) is 4.79. The van der Waals surface area contributed by atoms with Crippen molar-refractivity contribution in [3.63, 3.8) is 0 Å². The molecular formula is C25H39BN2O4. The van der Waals surface area contributed by atoms with Crippen LogP contribution in [0.15, 0.2) is 24.3 Å². The highest BCUT2D eigenvalue weighted by molar-refractivity contribution is 6.62. The Kier molecular flexibility index (Phi) is 6.14. The van der Waals surface area contributed by atoms with Crippen molar-refractivity contribution in [2.24, 2.45) is 17.8 Å². The van der Waals surface area contributed by atoms with E-state index in [4.69, 9.17) is 14.0 Å². The summed E-state index contributed by atoms with van der Waals surface area (Å²) in [6.45, 7) is 18.1. The van der Waals surface area contributed by atoms with E-state index in [0.29, 0.717) is 24.4 Å². The van der Waals surface area contributed by atoms with Gasteiger partial charge in [-0.1, -0.05) is 24.3 Å². The van der Waals surface area contributed by atoms with Crippen molar-refractivity contribution in [3.8, 4) is 0 Å². The first kappa shape index (κ1) is 23.6. The molecular weight excluding hydrogens is 403 g/mol. The summed E-state index contributed by atoms with van der Waals surface area (Å²) < 4.78 is 17.7. The van der Waals surface area contributed by atoms with Gasteiger partial charge in [0.25, 0.3) is 0 Å². The van der Waals surface area contributed by atoms with Crippen LogP contribution in [0.2, 0.25) is 0 Å². The van der Waals surface area contributed by atoms with Gasteiger partial charge in [-0.25, -0.2) is 4.79 Å². The number of alkyl carbamates (subject to hydrolysis) is 1. The number of likely N-dealkylation sites (tertiary alicyclic amines) is 1. The van der Waals surface area contributed by atoms with Gasteiger partial charge in [-0.05, 0) is 77.7 Å². The molecule has 1 aromatic carbocycles. The minimum Gasteiger partial charge on any atom is -0.449 e. The minimum atomic E-state index is -0.313. The smallest absolute Gasteiger partial charge is 0.449 e. The lowest BCUT2D eigenvalue weighted by Crippen LogP contribution is -2.41. The molecule has 1 amide bonds. The molecule has 1 saturated carbocycles. The molecule has 3 aliphatic rings. The van der Waals surface area contributed by atoms with Crippen molar-refractivity contribution in [2.45, 2.75) is 71.6 Å². The molecule has 7 heteroatoms. The first-order valence-corrected chi connectivity index (χ1v) is 12.0. The summed E-state index contributed by atoms with van der Waals surface area (Å²) >= 11 is 0. The maximum atomic E-state index is 11.8. The van der Waals surface area contributed by atoms with E-state index in [1.165, 1.54) is 5.56 Å². The highest BCUT2D eigenvalue weighted by Gasteiger charge is 2.55. The normalized spacial score (nSPS) is 28.5. The molecule has 0 spiro atoms. The Labute approximate surface area is 193 Å². The molecule has 4 rings (SSSR count). The Hall–Kier alpha value is -1.57. The lowest BCUT2D eigenvalue weighted by Gasteiger charge is -2.32. The Morgan fingerprint density at radius 1 is 1.09 bits per heavy atom. The average molecular weight is 442 g/mol. The maximum Gasteiger partial charge on any atom is 0.494 e. The highest BCUT2D eigenvalue weighted by Crippen LogP contribution is 2.51. The number of hydrogen-bond donors (Lipinski definition) is 1. The molecule has 2 atom stereocenters. The van der Waals surface area contributed by atoms with Gasteiger partial charge < -0.3 is 24.3 Å². The predicted molar refractivity (Wildman–Crippen MR) is 127 cm³/mol. The van der Waals surface area contributed by atoms with E-state index < -0.39 is 0 Å². The number of amides is 1. The van der Waals surface area contributed by atoms with E-state index in [-0.39, 0.29) is 30.0 Å². The van der Waals surface area contributed by atoms with E-state index >= 15 is 0 Å². The highest BCUT2D eigenvalue weighted by atomic mass is 16.7. The van der Waals surface area contributed by atoms with Gasteiger partial charge >= 0.3 is 13.2 Å². The number of carbonyl (C=O) groups is 1. The van der Waals surface area contributed by atoms with Crippen LogP contribution in [0.3, 0.4) is 0 Å². The number of ether oxygens (including phenoxy) is 1. The third-order valence-corrected chi connectivity index (χ3v) is 7.55. The van der Waals surface area contributed by atoms with Crippen molar-refractivity contribution in [1.29, 1.82) is 0 Å². The number of hydrogen-bond acceptors (Lipinski definition) is 5. The number of nitrogens with one attached hydrogen (secondary N) is 1. The monoisotopic (exact) mass is 442 g/mol. The van der Waals surface area contributed by atoms with E-state index in [0.717, 1.165) is 31.5 Å². The van der Waals surface area contributed by atoms with Crippen molar-refractivity contribution >= 4 is 18.7 Å². The van der Waals surface area contributed by atoms with Crippen molar-refractivity contribution < 1.29 is 18.8 Å². The van der Waals surface area contributed by atoms with E-state index in [1.807, 2.05) is 20.8 Å². The molecule has 2 aliphatic heterocycles. The van der Waals surface area contributed by atoms with Crippen LogP contribution >= 0.6 is 0 Å². The molecule has 3 fully saturated rings. The third-order valence-electron chi connectivity index (χ3n) is 7.55. The Bertz CT molecular complexity index is 805. The van der Waals surface area contributed by atoms with E-state index in [1.54, 1.807) is 0 Å². The molecule has 2 unspecified atom stereocenters. The largest absolute Gasteiger partial charge is 0.494 e. The quantitative estimate of drug-likeness (QED) is 0.686. The minimum absolute atomic E-state index is 0.254. The first-order valence-electron chi connectivity index (χ1n) is 12.0. The maximum absolute atomic E-state index is 11.8. The SMILES string of the molecule is CC(C)(C)NC(=O)OCC1C2CN(CCc3ccc(B4OC(C)(C)C(C)(C)O4)cc3)CC12. The molecule has 6 nitrogen and oxygen atoms in total. The number of nitrogens with zero attached hydrogens (tertiary/aromatic N) is 1. The van der Waals surface area contributed by atoms with Crippen LogP contribution in [0.1, 0.15) is 54.0 Å². The summed E-state index contributed by atoms with van der Waals surface area (Å²) in [6.07, 6.45) is 0.737. The molecule has 0 bridgehead atoms. The standard InChI is InChI=1S/C25H39BN2O4/c1-23(2,3)27-22(29)30-16-21-19-14-28(15-20(19)21)13-12-17-8-10-18(11-9-17)26-31-24(4,5)25(6,7)32-26/h8-11,19-21H,12-16H2,1-7H3,(H,27,29). The predicted octanol–water partition coefficient (Wildman–Crippen LogP) is 3.23. The van der Waals surface area contributed by atoms with Crippen LogP contribution in [0.4, 0.5) is 4.79 Å². The number of piperidine rings is 1. The molecule has 176 valence electrons. The zero-order chi connectivity index (χ0) is 23.3. The third kappa shape index (κ3) is 5.15. The van der Waals surface area contributed by atoms with Crippen LogP contribution in [0.5, 0.6) is 0 Å². The van der Waals surface area contributed by atoms with Gasteiger partial charge in [-0.2, -0.15) is 0 Å². The van der Waals surface area contributed by atoms with Crippen molar-refractivity contribution in [3.05, 3.63) is 29.8 Å². The van der Waals surface area contributed by atoms with Crippen LogP contribution in [0, 0.1) is 17.8 Å². The van der Waals surface area contributed by atoms with Crippen molar-refractivity contribution in [2.75, 3.05) is 26.2 Å².